The molecule has 0 saturated heterocycles. The number of hydrogen-bond acceptors (Lipinski definition) is 1. The van der Waals surface area contributed by atoms with Gasteiger partial charge in [0.05, 0.1) is 5.92 Å². The minimum Gasteiger partial charge on any atom is -0.377 e. The molecule has 0 fully saturated rings. The maximum Gasteiger partial charge on any atom is 0.638 e. The molecule has 0 amide bonds. The number of hydrogen-bond donors (Lipinski definition) is 1. The van der Waals surface area contributed by atoms with Gasteiger partial charge in [-0.05, 0) is 30.2 Å². The van der Waals surface area contributed by atoms with Gasteiger partial charge in [-0.3, -0.25) is 0 Å². The van der Waals surface area contributed by atoms with E-state index in [1.807, 2.05) is 0 Å². The number of rotatable bonds is 1. The molecule has 1 aromatic carbocycles. The molecule has 2 nitrogen and oxygen atoms in total. The lowest BCUT2D eigenvalue weighted by Crippen LogP contribution is -2.43. The van der Waals surface area contributed by atoms with Gasteiger partial charge in [0.1, 0.15) is 5.82 Å². The number of aliphatic hydroxyl groups excluding tert-OH is 1. The van der Waals surface area contributed by atoms with Crippen molar-refractivity contribution >= 4 is 17.8 Å². The molecule has 1 aliphatic heterocycles. The lowest BCUT2D eigenvalue weighted by molar-refractivity contribution is -0.681. The molecular weight excluding hydrogens is 360 g/mol. The maximum absolute atomic E-state index is 13.7. The zero-order valence-corrected chi connectivity index (χ0v) is 12.7. The molecule has 0 aromatic heterocycles. The predicted octanol–water partition coefficient (Wildman–Crippen LogP) is 4.22. The lowest BCUT2D eigenvalue weighted by Gasteiger charge is -2.27. The van der Waals surface area contributed by atoms with Gasteiger partial charge in [0, 0.05) is 17.0 Å². The van der Waals surface area contributed by atoms with Crippen LogP contribution in [0.3, 0.4) is 0 Å². The Kier molecular flexibility index (Phi) is 3.95. The summed E-state index contributed by atoms with van der Waals surface area (Å²) in [6, 6.07) is 3.26. The van der Waals surface area contributed by atoms with Crippen LogP contribution in [0.1, 0.15) is 24.3 Å². The van der Waals surface area contributed by atoms with E-state index in [2.05, 4.69) is 0 Å². The molecule has 130 valence electrons. The Morgan fingerprint density at radius 2 is 1.88 bits per heavy atom. The second-order valence-electron chi connectivity index (χ2n) is 5.74. The van der Waals surface area contributed by atoms with Crippen LogP contribution in [0.4, 0.5) is 26.3 Å². The Morgan fingerprint density at radius 1 is 1.21 bits per heavy atom. The highest BCUT2D eigenvalue weighted by atomic mass is 35.5. The van der Waals surface area contributed by atoms with Crippen LogP contribution in [-0.2, 0) is 0 Å². The number of nitrogens with zero attached hydrogens (tertiary/aromatic N) is 1. The third-order valence-electron chi connectivity index (χ3n) is 4.17. The van der Waals surface area contributed by atoms with Crippen molar-refractivity contribution in [3.05, 3.63) is 45.9 Å². The van der Waals surface area contributed by atoms with Crippen LogP contribution in [0.15, 0.2) is 29.5 Å². The van der Waals surface area contributed by atoms with E-state index in [-0.39, 0.29) is 27.2 Å². The number of halogens is 7. The van der Waals surface area contributed by atoms with Crippen molar-refractivity contribution < 1.29 is 36.0 Å². The number of allylic oxidation sites excluding steroid dienone is 1. The molecule has 0 bridgehead atoms. The largest absolute Gasteiger partial charge is 0.638 e. The van der Waals surface area contributed by atoms with Crippen molar-refractivity contribution in [3.8, 4) is 0 Å². The van der Waals surface area contributed by atoms with Gasteiger partial charge >= 0.3 is 6.30 Å². The molecule has 9 heteroatoms. The Labute approximate surface area is 137 Å². The fourth-order valence-corrected chi connectivity index (χ4v) is 3.36. The van der Waals surface area contributed by atoms with Gasteiger partial charge in [-0.2, -0.15) is 0 Å². The summed E-state index contributed by atoms with van der Waals surface area (Å²) in [5, 5.41) is 9.72. The van der Waals surface area contributed by atoms with Crippen molar-refractivity contribution in [1.29, 1.82) is 0 Å². The van der Waals surface area contributed by atoms with E-state index < -0.39 is 42.2 Å². The minimum absolute atomic E-state index is 0.00702. The van der Waals surface area contributed by atoms with Crippen molar-refractivity contribution in [2.75, 3.05) is 0 Å². The van der Waals surface area contributed by atoms with E-state index in [0.717, 1.165) is 12.1 Å². The van der Waals surface area contributed by atoms with Gasteiger partial charge in [-0.15, -0.1) is 17.7 Å². The first-order valence-corrected chi connectivity index (χ1v) is 7.34. The van der Waals surface area contributed by atoms with E-state index >= 15 is 0 Å². The highest BCUT2D eigenvalue weighted by molar-refractivity contribution is 6.30. The maximum atomic E-state index is 13.7. The molecule has 3 rings (SSSR count). The summed E-state index contributed by atoms with van der Waals surface area (Å²) in [7, 11) is 0. The van der Waals surface area contributed by atoms with E-state index in [1.165, 1.54) is 6.07 Å². The molecule has 0 radical (unpaired) electrons. The predicted molar refractivity (Wildman–Crippen MR) is 73.7 cm³/mol. The van der Waals surface area contributed by atoms with Crippen LogP contribution in [0, 0.1) is 5.82 Å². The van der Waals surface area contributed by atoms with E-state index in [4.69, 9.17) is 11.6 Å². The van der Waals surface area contributed by atoms with Gasteiger partial charge in [-0.25, -0.2) is 13.2 Å². The smallest absolute Gasteiger partial charge is 0.377 e. The van der Waals surface area contributed by atoms with Gasteiger partial charge in [0.2, 0.25) is 11.8 Å². The standard InChI is InChI=1S/C15H11ClF6NO/c16-8-3-7(4-9(17)5-8)11-6-23(15(20,21)22)12-10(11)1-2-14(18,19)13(12)24/h3-6,11,13,24H,1-2H2/q+1. The first kappa shape index (κ1) is 17.3. The molecule has 1 aromatic rings. The van der Waals surface area contributed by atoms with Crippen molar-refractivity contribution in [1.82, 2.24) is 0 Å². The first-order chi connectivity index (χ1) is 11.0. The summed E-state index contributed by atoms with van der Waals surface area (Å²) in [6.07, 6.45) is -8.03. The topological polar surface area (TPSA) is 23.2 Å². The van der Waals surface area contributed by atoms with Gasteiger partial charge in [0.25, 0.3) is 5.92 Å². The highest BCUT2D eigenvalue weighted by Crippen LogP contribution is 2.47. The molecule has 1 N–H and O–H groups in total. The second kappa shape index (κ2) is 5.49. The van der Waals surface area contributed by atoms with E-state index in [1.54, 1.807) is 0 Å². The third-order valence-corrected chi connectivity index (χ3v) is 4.38. The summed E-state index contributed by atoms with van der Waals surface area (Å²) in [6.45, 7) is 0. The van der Waals surface area contributed by atoms with E-state index in [9.17, 15) is 31.4 Å². The Hall–Kier alpha value is -1.54. The van der Waals surface area contributed by atoms with Crippen LogP contribution in [0.25, 0.3) is 0 Å². The molecule has 2 unspecified atom stereocenters. The quantitative estimate of drug-likeness (QED) is 0.446. The summed E-state index contributed by atoms with van der Waals surface area (Å²) in [5.41, 5.74) is -0.784. The Morgan fingerprint density at radius 3 is 2.46 bits per heavy atom. The molecule has 0 saturated carbocycles. The van der Waals surface area contributed by atoms with Gasteiger partial charge in [-0.1, -0.05) is 11.6 Å². The van der Waals surface area contributed by atoms with Crippen molar-refractivity contribution in [2.24, 2.45) is 0 Å². The lowest BCUT2D eigenvalue weighted by atomic mass is 9.83. The normalized spacial score (nSPS) is 26.4. The highest BCUT2D eigenvalue weighted by Gasteiger charge is 2.60. The fourth-order valence-electron chi connectivity index (χ4n) is 3.13. The zero-order chi connectivity index (χ0) is 17.9. The van der Waals surface area contributed by atoms with Crippen LogP contribution in [0.5, 0.6) is 0 Å². The molecule has 1 heterocycles. The molecule has 24 heavy (non-hydrogen) atoms. The average Bonchev–Trinajstić information content (AvgIpc) is 2.82. The number of benzene rings is 1. The molecule has 2 atom stereocenters. The molecule has 2 aliphatic rings. The Balaban J connectivity index is 2.17. The summed E-state index contributed by atoms with van der Waals surface area (Å²) in [5.74, 6) is -5.49. The van der Waals surface area contributed by atoms with E-state index in [0.29, 0.717) is 6.21 Å². The summed E-state index contributed by atoms with van der Waals surface area (Å²) >= 11 is 5.73. The average molecular weight is 371 g/mol. The fraction of sp³-hybridized carbons (Fsp3) is 0.400. The zero-order valence-electron chi connectivity index (χ0n) is 11.9. The SMILES string of the molecule is OC1C2=C(CCC1(F)F)C(c1cc(F)cc(Cl)c1)C=[N+]2C(F)(F)F. The van der Waals surface area contributed by atoms with Gasteiger partial charge in [0.15, 0.2) is 6.21 Å². The summed E-state index contributed by atoms with van der Waals surface area (Å²) < 4.78 is 80.2. The van der Waals surface area contributed by atoms with Crippen molar-refractivity contribution in [3.63, 3.8) is 0 Å². The molecule has 1 aliphatic carbocycles. The molecular formula is C15H11ClF6NO+. The second-order valence-corrected chi connectivity index (χ2v) is 6.18. The van der Waals surface area contributed by atoms with Gasteiger partial charge < -0.3 is 5.11 Å². The number of alkyl halides is 5. The van der Waals surface area contributed by atoms with Crippen molar-refractivity contribution in [2.45, 2.75) is 37.1 Å². The van der Waals surface area contributed by atoms with Crippen LogP contribution in [-0.4, -0.2) is 34.2 Å². The van der Waals surface area contributed by atoms with Crippen LogP contribution < -0.4 is 0 Å². The monoisotopic (exact) mass is 370 g/mol. The summed E-state index contributed by atoms with van der Waals surface area (Å²) in [4.78, 5) is 0. The molecule has 0 spiro atoms. The Bertz CT molecular complexity index is 735. The first-order valence-electron chi connectivity index (χ1n) is 6.96. The van der Waals surface area contributed by atoms with Crippen LogP contribution >= 0.6 is 11.6 Å². The third kappa shape index (κ3) is 2.82. The number of aliphatic hydroxyl groups is 1. The minimum atomic E-state index is -4.99. The van der Waals surface area contributed by atoms with Crippen LogP contribution in [0.2, 0.25) is 5.02 Å².